The Morgan fingerprint density at radius 1 is 0.857 bits per heavy atom. The molecule has 0 aromatic carbocycles. The lowest BCUT2D eigenvalue weighted by atomic mass is 11.3. The van der Waals surface area contributed by atoms with Crippen molar-refractivity contribution in [2.24, 2.45) is 0 Å². The van der Waals surface area contributed by atoms with Gasteiger partial charge in [0.1, 0.15) is 0 Å². The molecule has 5 heteroatoms. The lowest BCUT2D eigenvalue weighted by Crippen LogP contribution is -1.89. The number of hydrogen-bond donors (Lipinski definition) is 1. The van der Waals surface area contributed by atoms with Crippen molar-refractivity contribution in [1.82, 2.24) is 5.32 Å². The molecule has 0 saturated heterocycles. The van der Waals surface area contributed by atoms with Crippen molar-refractivity contribution in [2.75, 3.05) is 14.1 Å². The van der Waals surface area contributed by atoms with Gasteiger partial charge >= 0.3 is 0 Å². The molecule has 0 saturated carbocycles. The monoisotopic (exact) mass is 137 g/mol. The van der Waals surface area contributed by atoms with Crippen molar-refractivity contribution in [1.29, 1.82) is 0 Å². The Labute approximate surface area is 48.0 Å². The third-order valence-corrected chi connectivity index (χ3v) is 0. The molecule has 1 nitrogen and oxygen atoms in total. The molecule has 50 valence electrons. The summed E-state index contributed by atoms with van der Waals surface area (Å²) in [7, 11) is 3.75. The fourth-order valence-electron chi connectivity index (χ4n) is 0. The van der Waals surface area contributed by atoms with Gasteiger partial charge in [0.05, 0.1) is 0 Å². The zero-order valence-electron chi connectivity index (χ0n) is 4.13. The second-order valence-corrected chi connectivity index (χ2v) is 0.500. The van der Waals surface area contributed by atoms with Crippen molar-refractivity contribution in [2.45, 2.75) is 0 Å². The molecule has 0 bridgehead atoms. The molecule has 0 fully saturated rings. The molecule has 1 N–H and O–H groups in total. The van der Waals surface area contributed by atoms with E-state index in [0.717, 1.165) is 0 Å². The Morgan fingerprint density at radius 2 is 0.857 bits per heavy atom. The van der Waals surface area contributed by atoms with Crippen LogP contribution in [0.1, 0.15) is 0 Å². The summed E-state index contributed by atoms with van der Waals surface area (Å²) in [6.45, 7) is 0. The van der Waals surface area contributed by atoms with Crippen LogP contribution in [-0.4, -0.2) is 14.1 Å². The molecule has 2 radical (unpaired) electrons. The Bertz CT molecular complexity index is 12.9. The molecule has 0 aromatic heterocycles. The van der Waals surface area contributed by atoms with Gasteiger partial charge in [0.25, 0.3) is 0 Å². The van der Waals surface area contributed by atoms with E-state index in [1.807, 2.05) is 14.1 Å². The molecular weight excluding hydrogens is 127 g/mol. The van der Waals surface area contributed by atoms with E-state index >= 15 is 0 Å². The van der Waals surface area contributed by atoms with Gasteiger partial charge in [-0.05, 0) is 14.1 Å². The van der Waals surface area contributed by atoms with E-state index in [1.165, 1.54) is 0 Å². The largest absolute Gasteiger partial charge is 0.323 e. The van der Waals surface area contributed by atoms with Crippen LogP contribution in [0, 0.1) is 0 Å². The molecule has 0 rings (SSSR count). The molecule has 0 aliphatic carbocycles. The first-order chi connectivity index (χ1) is 1.41. The first kappa shape index (κ1) is 59.9. The number of rotatable bonds is 0. The Hall–Kier alpha value is 0.100. The van der Waals surface area contributed by atoms with E-state index in [-0.39, 0.29) is 27.6 Å². The maximum atomic E-state index is 2.75. The highest BCUT2D eigenvalue weighted by atomic mass is 32.1. The van der Waals surface area contributed by atoms with Gasteiger partial charge in [-0.15, -0.1) is 0 Å². The summed E-state index contributed by atoms with van der Waals surface area (Å²) in [5, 5.41) is 2.75. The van der Waals surface area contributed by atoms with Crippen LogP contribution in [0.2, 0.25) is 0 Å². The summed E-state index contributed by atoms with van der Waals surface area (Å²) in [6, 6.07) is 0. The smallest absolute Gasteiger partial charge is 0 e. The minimum absolute atomic E-state index is 0. The minimum atomic E-state index is 0. The normalized spacial score (nSPS) is 2.57. The standard InChI is InChI=1S/C2H7N.3FH.S/c1-3-2;;;;/h3H,1-2H3;3*1H;. The average molecular weight is 137 g/mol. The Balaban J connectivity index is -0.00000000333. The molecule has 0 aliphatic rings. The Morgan fingerprint density at radius 3 is 0.857 bits per heavy atom. The summed E-state index contributed by atoms with van der Waals surface area (Å²) < 4.78 is 0. The van der Waals surface area contributed by atoms with E-state index in [1.54, 1.807) is 0 Å². The second-order valence-electron chi connectivity index (χ2n) is 0.500. The van der Waals surface area contributed by atoms with Gasteiger partial charge in [0.15, 0.2) is 0 Å². The highest BCUT2D eigenvalue weighted by Crippen LogP contribution is 0.981. The van der Waals surface area contributed by atoms with Crippen LogP contribution < -0.4 is 5.32 Å². The van der Waals surface area contributed by atoms with Crippen molar-refractivity contribution in [3.05, 3.63) is 0 Å². The van der Waals surface area contributed by atoms with Gasteiger partial charge in [-0.25, -0.2) is 0 Å². The number of halogens is 3. The van der Waals surface area contributed by atoms with Gasteiger partial charge in [-0.3, -0.25) is 14.1 Å². The average Bonchev–Trinajstić information content (AvgIpc) is 0.918. The van der Waals surface area contributed by atoms with E-state index in [9.17, 15) is 0 Å². The molecule has 0 heterocycles. The van der Waals surface area contributed by atoms with Crippen LogP contribution >= 0.6 is 13.5 Å². The van der Waals surface area contributed by atoms with E-state index in [0.29, 0.717) is 0 Å². The topological polar surface area (TPSA) is 12.0 Å². The predicted molar refractivity (Wildman–Crippen MR) is 30.1 cm³/mol. The van der Waals surface area contributed by atoms with Crippen LogP contribution in [0.5, 0.6) is 0 Å². The molecule has 0 aliphatic heterocycles. The van der Waals surface area contributed by atoms with Crippen molar-refractivity contribution < 1.29 is 14.1 Å². The van der Waals surface area contributed by atoms with Crippen molar-refractivity contribution >= 4 is 13.5 Å². The summed E-state index contributed by atoms with van der Waals surface area (Å²) >= 11 is 0. The molecule has 0 aromatic rings. The Kier molecular flexibility index (Phi) is 1120. The maximum absolute atomic E-state index is 2.75. The maximum Gasteiger partial charge on any atom is 0 e. The van der Waals surface area contributed by atoms with Crippen molar-refractivity contribution in [3.8, 4) is 0 Å². The molecule has 0 atom stereocenters. The molecule has 0 spiro atoms. The van der Waals surface area contributed by atoms with Gasteiger partial charge in [-0.1, -0.05) is 0 Å². The van der Waals surface area contributed by atoms with Gasteiger partial charge in [-0.2, -0.15) is 0 Å². The zero-order chi connectivity index (χ0) is 2.71. The predicted octanol–water partition coefficient (Wildman–Crippen LogP) is 0.941. The van der Waals surface area contributed by atoms with Crippen LogP contribution in [0.3, 0.4) is 0 Å². The van der Waals surface area contributed by atoms with Crippen LogP contribution in [0.4, 0.5) is 14.1 Å². The van der Waals surface area contributed by atoms with Crippen LogP contribution in [0.25, 0.3) is 0 Å². The highest BCUT2D eigenvalue weighted by Gasteiger charge is 1.25. The van der Waals surface area contributed by atoms with Gasteiger partial charge in [0.2, 0.25) is 0 Å². The number of hydrogen-bond acceptors (Lipinski definition) is 1. The van der Waals surface area contributed by atoms with Gasteiger partial charge in [0, 0.05) is 13.5 Å². The SMILES string of the molecule is CNC.F.F.F.[S]. The van der Waals surface area contributed by atoms with Crippen LogP contribution in [0.15, 0.2) is 0 Å². The third-order valence-electron chi connectivity index (χ3n) is 0. The first-order valence-corrected chi connectivity index (χ1v) is 1.00. The van der Waals surface area contributed by atoms with E-state index in [2.05, 4.69) is 5.32 Å². The summed E-state index contributed by atoms with van der Waals surface area (Å²) in [4.78, 5) is 0. The number of nitrogens with one attached hydrogen (secondary N) is 1. The third kappa shape index (κ3) is 10300. The molecule has 7 heavy (non-hydrogen) atoms. The van der Waals surface area contributed by atoms with Gasteiger partial charge < -0.3 is 5.32 Å². The molecular formula is C2H10F3NS. The van der Waals surface area contributed by atoms with Crippen molar-refractivity contribution in [3.63, 3.8) is 0 Å². The zero-order valence-corrected chi connectivity index (χ0v) is 4.95. The fourth-order valence-corrected chi connectivity index (χ4v) is 0. The summed E-state index contributed by atoms with van der Waals surface area (Å²) in [6.07, 6.45) is 0. The van der Waals surface area contributed by atoms with E-state index in [4.69, 9.17) is 0 Å². The molecule has 0 amide bonds. The lowest BCUT2D eigenvalue weighted by molar-refractivity contribution is 1.02. The molecule has 0 unspecified atom stereocenters. The lowest BCUT2D eigenvalue weighted by Gasteiger charge is -1.59. The second kappa shape index (κ2) is 131. The van der Waals surface area contributed by atoms with Crippen LogP contribution in [-0.2, 0) is 0 Å². The quantitative estimate of drug-likeness (QED) is 0.524. The summed E-state index contributed by atoms with van der Waals surface area (Å²) in [5.41, 5.74) is 0. The fraction of sp³-hybridized carbons (Fsp3) is 1.00. The highest BCUT2D eigenvalue weighted by molar-refractivity contribution is 7.59. The summed E-state index contributed by atoms with van der Waals surface area (Å²) in [5.74, 6) is 0. The van der Waals surface area contributed by atoms with E-state index < -0.39 is 0 Å². The first-order valence-electron chi connectivity index (χ1n) is 1.00. The minimum Gasteiger partial charge on any atom is -0.323 e.